The van der Waals surface area contributed by atoms with Crippen molar-refractivity contribution in [3.8, 4) is 0 Å². The van der Waals surface area contributed by atoms with Crippen LogP contribution in [-0.2, 0) is 9.53 Å². The predicted molar refractivity (Wildman–Crippen MR) is 53.9 cm³/mol. The highest BCUT2D eigenvalue weighted by molar-refractivity contribution is 5.88. The van der Waals surface area contributed by atoms with Crippen molar-refractivity contribution >= 4 is 11.9 Å². The van der Waals surface area contributed by atoms with E-state index in [-0.39, 0.29) is 28.8 Å². The zero-order valence-electron chi connectivity index (χ0n) is 9.32. The van der Waals surface area contributed by atoms with Crippen LogP contribution >= 0.6 is 0 Å². The Labute approximate surface area is 89.1 Å². The molecule has 0 unspecified atom stereocenters. The van der Waals surface area contributed by atoms with Gasteiger partial charge in [-0.15, -0.1) is 0 Å². The second-order valence-electron chi connectivity index (χ2n) is 5.27. The second kappa shape index (κ2) is 2.92. The Bertz CT molecular complexity index is 353. The molecule has 15 heavy (non-hydrogen) atoms. The van der Waals surface area contributed by atoms with Crippen LogP contribution in [0.15, 0.2) is 12.3 Å². The minimum absolute atomic E-state index is 0.0563. The molecule has 0 spiro atoms. The normalized spacial score (nSPS) is 33.5. The van der Waals surface area contributed by atoms with Gasteiger partial charge in [-0.1, -0.05) is 0 Å². The van der Waals surface area contributed by atoms with E-state index in [0.29, 0.717) is 6.54 Å². The maximum atomic E-state index is 11.9. The molecule has 82 valence electrons. The lowest BCUT2D eigenvalue weighted by Gasteiger charge is -2.27. The van der Waals surface area contributed by atoms with Gasteiger partial charge in [0.25, 0.3) is 0 Å². The topological polar surface area (TPSA) is 43.4 Å². The molecule has 0 saturated carbocycles. The molecule has 4 heteroatoms. The number of hydrogen-bond donors (Lipinski definition) is 0. The molecular weight excluding hydrogens is 194 g/mol. The highest BCUT2D eigenvalue weighted by Crippen LogP contribution is 2.32. The molecule has 2 aliphatic heterocycles. The number of ketones is 1. The van der Waals surface area contributed by atoms with Crippen molar-refractivity contribution in [3.05, 3.63) is 12.3 Å². The van der Waals surface area contributed by atoms with Crippen LogP contribution in [0.5, 0.6) is 0 Å². The lowest BCUT2D eigenvalue weighted by molar-refractivity contribution is -0.786. The summed E-state index contributed by atoms with van der Waals surface area (Å²) in [5, 5.41) is 0. The first-order valence-electron chi connectivity index (χ1n) is 5.15. The average Bonchev–Trinajstić information content (AvgIpc) is 2.58. The largest absolute Gasteiger partial charge is 0.521 e. The molecule has 2 aliphatic rings. The van der Waals surface area contributed by atoms with Crippen LogP contribution in [0.25, 0.3) is 0 Å². The number of hydrogen-bond acceptors (Lipinski definition) is 3. The Morgan fingerprint density at radius 1 is 1.53 bits per heavy atom. The van der Waals surface area contributed by atoms with Crippen molar-refractivity contribution in [2.45, 2.75) is 26.4 Å². The number of carbonyl (C=O) groups excluding carboxylic acids is 2. The van der Waals surface area contributed by atoms with Gasteiger partial charge in [-0.05, 0) is 26.8 Å². The van der Waals surface area contributed by atoms with E-state index in [1.54, 1.807) is 6.20 Å². The zero-order chi connectivity index (χ0) is 11.3. The van der Waals surface area contributed by atoms with Crippen LogP contribution in [0.2, 0.25) is 0 Å². The van der Waals surface area contributed by atoms with Crippen LogP contribution in [0.1, 0.15) is 20.8 Å². The third-order valence-electron chi connectivity index (χ3n) is 2.73. The van der Waals surface area contributed by atoms with Gasteiger partial charge in [0, 0.05) is 0 Å². The molecule has 2 rings (SSSR count). The fraction of sp³-hybridized carbons (Fsp3) is 0.636. The number of Topliss-reactive ketones (excluding diaryl/α,β-unsaturated/α-hetero) is 1. The molecule has 0 N–H and O–H groups in total. The highest BCUT2D eigenvalue weighted by atomic mass is 16.6. The lowest BCUT2D eigenvalue weighted by atomic mass is 10.1. The molecule has 2 heterocycles. The average molecular weight is 210 g/mol. The fourth-order valence-electron chi connectivity index (χ4n) is 2.02. The number of ether oxygens (including phenoxy) is 1. The Balaban J connectivity index is 2.15. The van der Waals surface area contributed by atoms with Crippen molar-refractivity contribution in [3.63, 3.8) is 0 Å². The van der Waals surface area contributed by atoms with Crippen molar-refractivity contribution in [2.75, 3.05) is 13.1 Å². The monoisotopic (exact) mass is 210 g/mol. The Morgan fingerprint density at radius 2 is 2.20 bits per heavy atom. The number of nitrogens with zero attached hydrogens (tertiary/aromatic N) is 1. The van der Waals surface area contributed by atoms with Crippen LogP contribution < -0.4 is 0 Å². The number of quaternary nitrogens is 1. The Morgan fingerprint density at radius 3 is 2.60 bits per heavy atom. The van der Waals surface area contributed by atoms with Gasteiger partial charge in [0.2, 0.25) is 5.78 Å². The minimum Gasteiger partial charge on any atom is -0.414 e. The molecule has 0 radical (unpaired) electrons. The van der Waals surface area contributed by atoms with Crippen molar-refractivity contribution in [2.24, 2.45) is 5.92 Å². The van der Waals surface area contributed by atoms with Crippen LogP contribution in [-0.4, -0.2) is 35.1 Å². The second-order valence-corrected chi connectivity index (χ2v) is 5.27. The summed E-state index contributed by atoms with van der Waals surface area (Å²) in [4.78, 5) is 23.4. The molecule has 4 nitrogen and oxygen atoms in total. The first-order valence-corrected chi connectivity index (χ1v) is 5.15. The maximum absolute atomic E-state index is 11.9. The summed E-state index contributed by atoms with van der Waals surface area (Å²) in [6.45, 7) is 6.30. The van der Waals surface area contributed by atoms with Gasteiger partial charge in [-0.3, -0.25) is 4.79 Å². The summed E-state index contributed by atoms with van der Waals surface area (Å²) in [6.07, 6.45) is 3.29. The summed E-state index contributed by atoms with van der Waals surface area (Å²) in [5.74, 6) is 0.0703. The molecule has 0 aromatic carbocycles. The molecule has 1 fully saturated rings. The fourth-order valence-corrected chi connectivity index (χ4v) is 2.02. The molecule has 0 aromatic rings. The smallest absolute Gasteiger partial charge is 0.414 e. The third kappa shape index (κ3) is 1.69. The van der Waals surface area contributed by atoms with Gasteiger partial charge in [0.15, 0.2) is 6.54 Å². The zero-order valence-corrected chi connectivity index (χ0v) is 9.32. The summed E-state index contributed by atoms with van der Waals surface area (Å²) < 4.78 is 5.38. The summed E-state index contributed by atoms with van der Waals surface area (Å²) in [7, 11) is 0. The van der Waals surface area contributed by atoms with Crippen molar-refractivity contribution in [1.29, 1.82) is 0 Å². The lowest BCUT2D eigenvalue weighted by Crippen LogP contribution is -2.48. The molecule has 1 saturated heterocycles. The molecule has 1 amide bonds. The first kappa shape index (κ1) is 10.4. The SMILES string of the molecule is CC(C)(C)OC(=O)[N@+]12C=C[C@H](C1)C(=O)C2. The van der Waals surface area contributed by atoms with Crippen LogP contribution in [0.3, 0.4) is 0 Å². The van der Waals surface area contributed by atoms with Crippen molar-refractivity contribution < 1.29 is 18.8 Å². The summed E-state index contributed by atoms with van der Waals surface area (Å²) >= 11 is 0. The first-order chi connectivity index (χ1) is 6.82. The van der Waals surface area contributed by atoms with Gasteiger partial charge < -0.3 is 4.74 Å². The van der Waals surface area contributed by atoms with Crippen LogP contribution in [0.4, 0.5) is 4.79 Å². The van der Waals surface area contributed by atoms with Gasteiger partial charge >= 0.3 is 6.09 Å². The van der Waals surface area contributed by atoms with E-state index >= 15 is 0 Å². The van der Waals surface area contributed by atoms with E-state index in [9.17, 15) is 9.59 Å². The minimum atomic E-state index is -0.498. The number of amides is 1. The van der Waals surface area contributed by atoms with E-state index in [4.69, 9.17) is 4.74 Å². The van der Waals surface area contributed by atoms with E-state index in [2.05, 4.69) is 0 Å². The Hall–Kier alpha value is -1.16. The van der Waals surface area contributed by atoms with E-state index in [1.165, 1.54) is 0 Å². The number of fused-ring (bicyclic) bond motifs is 2. The van der Waals surface area contributed by atoms with E-state index in [0.717, 1.165) is 0 Å². The van der Waals surface area contributed by atoms with Crippen molar-refractivity contribution in [1.82, 2.24) is 0 Å². The molecule has 0 aliphatic carbocycles. The van der Waals surface area contributed by atoms with Crippen LogP contribution in [0, 0.1) is 5.92 Å². The maximum Gasteiger partial charge on any atom is 0.521 e. The van der Waals surface area contributed by atoms with Gasteiger partial charge in [-0.2, -0.15) is 9.28 Å². The summed E-state index contributed by atoms with van der Waals surface area (Å²) in [5.41, 5.74) is -0.498. The standard InChI is InChI=1S/C11H16NO3/c1-11(2,3)15-10(14)12-5-4-8(6-12)9(13)7-12/h4-5,8H,6-7H2,1-3H3/q+1/t8-,12-/m1/s1. The molecular formula is C11H16NO3+. The quantitative estimate of drug-likeness (QED) is 0.568. The molecule has 2 atom stereocenters. The highest BCUT2D eigenvalue weighted by Gasteiger charge is 2.54. The van der Waals surface area contributed by atoms with E-state index < -0.39 is 5.60 Å². The number of rotatable bonds is 0. The molecule has 0 aromatic heterocycles. The van der Waals surface area contributed by atoms with Gasteiger partial charge in [0.1, 0.15) is 18.3 Å². The number of carbonyl (C=O) groups is 2. The summed E-state index contributed by atoms with van der Waals surface area (Å²) in [6, 6.07) is 0. The van der Waals surface area contributed by atoms with Gasteiger partial charge in [-0.25, -0.2) is 0 Å². The van der Waals surface area contributed by atoms with Gasteiger partial charge in [0.05, 0.1) is 5.92 Å². The third-order valence-corrected chi connectivity index (χ3v) is 2.73. The van der Waals surface area contributed by atoms with E-state index in [1.807, 2.05) is 26.8 Å². The molecule has 2 bridgehead atoms. The Kier molecular flexibility index (Phi) is 2.01. The predicted octanol–water partition coefficient (Wildman–Crippen LogP) is 1.46.